The molecule has 108 valence electrons. The highest BCUT2D eigenvalue weighted by molar-refractivity contribution is 5.40. The van der Waals surface area contributed by atoms with Crippen molar-refractivity contribution in [2.75, 3.05) is 6.54 Å². The van der Waals surface area contributed by atoms with Gasteiger partial charge in [0.2, 0.25) is 17.5 Å². The molecule has 1 N–H and O–H groups in total. The lowest BCUT2D eigenvalue weighted by molar-refractivity contribution is 0.316. The van der Waals surface area contributed by atoms with Gasteiger partial charge in [0.25, 0.3) is 0 Å². The number of hydrogen-bond acceptors (Lipinski definition) is 6. The maximum atomic E-state index is 5.39. The van der Waals surface area contributed by atoms with Gasteiger partial charge in [0, 0.05) is 18.4 Å². The molecular formula is C14H21N5O. The van der Waals surface area contributed by atoms with Gasteiger partial charge in [0.15, 0.2) is 0 Å². The van der Waals surface area contributed by atoms with E-state index in [0.29, 0.717) is 23.6 Å². The normalized spacial score (nSPS) is 14.2. The van der Waals surface area contributed by atoms with E-state index in [-0.39, 0.29) is 5.92 Å². The lowest BCUT2D eigenvalue weighted by Crippen LogP contribution is -2.32. The molecule has 2 heterocycles. The molecule has 0 aliphatic carbocycles. The van der Waals surface area contributed by atoms with Gasteiger partial charge in [-0.3, -0.25) is 0 Å². The first-order valence-corrected chi connectivity index (χ1v) is 7.10. The predicted molar refractivity (Wildman–Crippen MR) is 76.1 cm³/mol. The highest BCUT2D eigenvalue weighted by Gasteiger charge is 2.24. The molecule has 2 aromatic rings. The summed E-state index contributed by atoms with van der Waals surface area (Å²) < 4.78 is 5.39. The van der Waals surface area contributed by atoms with Crippen molar-refractivity contribution in [3.63, 3.8) is 0 Å². The van der Waals surface area contributed by atoms with Crippen LogP contribution in [0.2, 0.25) is 0 Å². The van der Waals surface area contributed by atoms with Gasteiger partial charge in [-0.2, -0.15) is 4.98 Å². The molecule has 0 aliphatic rings. The average molecular weight is 275 g/mol. The molecule has 0 radical (unpaired) electrons. The summed E-state index contributed by atoms with van der Waals surface area (Å²) >= 11 is 0. The molecule has 2 unspecified atom stereocenters. The summed E-state index contributed by atoms with van der Waals surface area (Å²) in [5.41, 5.74) is 0. The van der Waals surface area contributed by atoms with Crippen molar-refractivity contribution in [1.82, 2.24) is 25.4 Å². The van der Waals surface area contributed by atoms with Gasteiger partial charge in [0.05, 0.1) is 5.92 Å². The summed E-state index contributed by atoms with van der Waals surface area (Å²) in [4.78, 5) is 12.7. The lowest BCUT2D eigenvalue weighted by Gasteiger charge is -2.20. The van der Waals surface area contributed by atoms with E-state index >= 15 is 0 Å². The molecule has 0 fully saturated rings. The van der Waals surface area contributed by atoms with Crippen molar-refractivity contribution in [2.45, 2.75) is 45.6 Å². The minimum absolute atomic E-state index is 0.200. The molecule has 0 bridgehead atoms. The van der Waals surface area contributed by atoms with Crippen molar-refractivity contribution in [1.29, 1.82) is 0 Å². The van der Waals surface area contributed by atoms with Gasteiger partial charge in [-0.05, 0) is 32.4 Å². The molecule has 0 spiro atoms. The number of hydrogen-bond donors (Lipinski definition) is 1. The zero-order valence-corrected chi connectivity index (χ0v) is 12.2. The Labute approximate surface area is 119 Å². The third-order valence-electron chi connectivity index (χ3n) is 3.28. The number of aromatic nitrogens is 4. The van der Waals surface area contributed by atoms with Gasteiger partial charge in [-0.25, -0.2) is 9.97 Å². The topological polar surface area (TPSA) is 76.7 Å². The molecule has 0 amide bonds. The van der Waals surface area contributed by atoms with Crippen LogP contribution in [-0.2, 0) is 0 Å². The summed E-state index contributed by atoms with van der Waals surface area (Å²) in [6.45, 7) is 7.41. The van der Waals surface area contributed by atoms with Crippen LogP contribution in [0.25, 0.3) is 11.6 Å². The van der Waals surface area contributed by atoms with Crippen LogP contribution in [-0.4, -0.2) is 32.7 Å². The van der Waals surface area contributed by atoms with Crippen LogP contribution < -0.4 is 5.32 Å². The quantitative estimate of drug-likeness (QED) is 0.836. The van der Waals surface area contributed by atoms with Crippen molar-refractivity contribution < 1.29 is 4.52 Å². The van der Waals surface area contributed by atoms with Crippen LogP contribution in [0, 0.1) is 0 Å². The summed E-state index contributed by atoms with van der Waals surface area (Å²) in [5.74, 6) is 1.78. The van der Waals surface area contributed by atoms with Crippen molar-refractivity contribution >= 4 is 0 Å². The van der Waals surface area contributed by atoms with Gasteiger partial charge in [-0.15, -0.1) is 0 Å². The van der Waals surface area contributed by atoms with Crippen LogP contribution >= 0.6 is 0 Å². The van der Waals surface area contributed by atoms with Crippen LogP contribution in [0.3, 0.4) is 0 Å². The first-order chi connectivity index (χ1) is 9.76. The van der Waals surface area contributed by atoms with Crippen LogP contribution in [0.5, 0.6) is 0 Å². The highest BCUT2D eigenvalue weighted by atomic mass is 16.5. The third kappa shape index (κ3) is 3.39. The van der Waals surface area contributed by atoms with Crippen LogP contribution in [0.4, 0.5) is 0 Å². The van der Waals surface area contributed by atoms with Gasteiger partial charge >= 0.3 is 0 Å². The number of rotatable bonds is 7. The fraction of sp³-hybridized carbons (Fsp3) is 0.571. The van der Waals surface area contributed by atoms with E-state index in [1.165, 1.54) is 0 Å². The van der Waals surface area contributed by atoms with Crippen molar-refractivity contribution in [2.24, 2.45) is 0 Å². The Balaban J connectivity index is 2.14. The maximum absolute atomic E-state index is 5.39. The fourth-order valence-electron chi connectivity index (χ4n) is 2.15. The maximum Gasteiger partial charge on any atom is 0.240 e. The van der Waals surface area contributed by atoms with Gasteiger partial charge < -0.3 is 9.84 Å². The second-order valence-electron chi connectivity index (χ2n) is 4.79. The second kappa shape index (κ2) is 7.09. The summed E-state index contributed by atoms with van der Waals surface area (Å²) in [5, 5.41) is 7.45. The van der Waals surface area contributed by atoms with Crippen molar-refractivity contribution in [3.05, 3.63) is 24.4 Å². The summed E-state index contributed by atoms with van der Waals surface area (Å²) in [6, 6.07) is 2.06. The molecule has 0 saturated heterocycles. The fourth-order valence-corrected chi connectivity index (χ4v) is 2.15. The molecule has 2 rings (SSSR count). The molecule has 0 saturated carbocycles. The summed E-state index contributed by atoms with van der Waals surface area (Å²) in [7, 11) is 0. The second-order valence-corrected chi connectivity index (χ2v) is 4.79. The molecular weight excluding hydrogens is 254 g/mol. The monoisotopic (exact) mass is 275 g/mol. The Morgan fingerprint density at radius 3 is 2.60 bits per heavy atom. The van der Waals surface area contributed by atoms with Crippen LogP contribution in [0.1, 0.15) is 45.4 Å². The predicted octanol–water partition coefficient (Wildman–Crippen LogP) is 2.41. The Morgan fingerprint density at radius 2 is 1.95 bits per heavy atom. The summed E-state index contributed by atoms with van der Waals surface area (Å²) in [6.07, 6.45) is 5.38. The van der Waals surface area contributed by atoms with Gasteiger partial charge in [-0.1, -0.05) is 19.0 Å². The average Bonchev–Trinajstić information content (AvgIpc) is 2.96. The minimum Gasteiger partial charge on any atom is -0.338 e. The third-order valence-corrected chi connectivity index (χ3v) is 3.28. The molecule has 6 nitrogen and oxygen atoms in total. The van der Waals surface area contributed by atoms with E-state index in [0.717, 1.165) is 19.4 Å². The van der Waals surface area contributed by atoms with E-state index in [9.17, 15) is 0 Å². The number of nitrogens with zero attached hydrogens (tertiary/aromatic N) is 4. The Bertz CT molecular complexity index is 513. The number of nitrogens with one attached hydrogen (secondary N) is 1. The molecule has 2 atom stereocenters. The van der Waals surface area contributed by atoms with E-state index < -0.39 is 0 Å². The van der Waals surface area contributed by atoms with Crippen LogP contribution in [0.15, 0.2) is 23.0 Å². The SMILES string of the molecule is CCCNC(C)C(CC)c1nc(-c2ncccn2)no1. The molecule has 0 aliphatic heterocycles. The van der Waals surface area contributed by atoms with E-state index in [1.54, 1.807) is 18.5 Å². The molecule has 20 heavy (non-hydrogen) atoms. The molecule has 2 aromatic heterocycles. The van der Waals surface area contributed by atoms with Crippen molar-refractivity contribution in [3.8, 4) is 11.6 Å². The first kappa shape index (κ1) is 14.6. The standard InChI is InChI=1S/C14H21N5O/c1-4-7-15-10(3)11(5-2)14-18-13(19-20-14)12-16-8-6-9-17-12/h6,8-11,15H,4-5,7H2,1-3H3. The zero-order chi connectivity index (χ0) is 14.4. The highest BCUT2D eigenvalue weighted by Crippen LogP contribution is 2.23. The first-order valence-electron chi connectivity index (χ1n) is 7.10. The van der Waals surface area contributed by atoms with E-state index in [2.05, 4.69) is 46.2 Å². The Hall–Kier alpha value is -1.82. The minimum atomic E-state index is 0.200. The molecule has 0 aromatic carbocycles. The van der Waals surface area contributed by atoms with Gasteiger partial charge in [0.1, 0.15) is 0 Å². The smallest absolute Gasteiger partial charge is 0.240 e. The Kier molecular flexibility index (Phi) is 5.17. The van der Waals surface area contributed by atoms with E-state index in [1.807, 2.05) is 0 Å². The lowest BCUT2D eigenvalue weighted by atomic mass is 9.98. The zero-order valence-electron chi connectivity index (χ0n) is 12.2. The Morgan fingerprint density at radius 1 is 1.20 bits per heavy atom. The van der Waals surface area contributed by atoms with E-state index in [4.69, 9.17) is 4.52 Å². The molecule has 6 heteroatoms. The largest absolute Gasteiger partial charge is 0.338 e.